The summed E-state index contributed by atoms with van der Waals surface area (Å²) in [4.78, 5) is 40.5. The summed E-state index contributed by atoms with van der Waals surface area (Å²) in [6.45, 7) is 3.84. The van der Waals surface area contributed by atoms with E-state index in [-0.39, 0.29) is 23.5 Å². The number of aryl methyl sites for hydroxylation is 2. The molecule has 2 heterocycles. The Balaban J connectivity index is 1.77. The molecule has 1 aliphatic rings. The smallest absolute Gasteiger partial charge is 0.274 e. The van der Waals surface area contributed by atoms with E-state index < -0.39 is 41.0 Å². The lowest BCUT2D eigenvalue weighted by Crippen LogP contribution is -2.44. The van der Waals surface area contributed by atoms with E-state index >= 15 is 8.78 Å². The standard InChI is InChI=1S/C26H25F2N3O4/c1-4-30-11-5-6-21(25(30)33)31-14-18(22-19(27)12-17(35-3)13-20(22)28)23(26(31)34)29-24(32)16-9-7-15(2)8-10-16/h5-13,18,23H,4,14H2,1-3H3,(H,29,32)/t18-,23?/m0/s1. The Labute approximate surface area is 200 Å². The Morgan fingerprint density at radius 1 is 1.11 bits per heavy atom. The van der Waals surface area contributed by atoms with Gasteiger partial charge in [0, 0.05) is 48.5 Å². The predicted octanol–water partition coefficient (Wildman–Crippen LogP) is 3.39. The second kappa shape index (κ2) is 9.69. The van der Waals surface area contributed by atoms with Gasteiger partial charge in [-0.1, -0.05) is 17.7 Å². The molecule has 1 unspecified atom stereocenters. The quantitative estimate of drug-likeness (QED) is 0.585. The van der Waals surface area contributed by atoms with Crippen LogP contribution in [0.3, 0.4) is 0 Å². The van der Waals surface area contributed by atoms with E-state index in [0.29, 0.717) is 12.1 Å². The zero-order valence-electron chi connectivity index (χ0n) is 19.5. The van der Waals surface area contributed by atoms with Gasteiger partial charge in [-0.3, -0.25) is 14.4 Å². The minimum absolute atomic E-state index is 0.0148. The van der Waals surface area contributed by atoms with Gasteiger partial charge in [-0.25, -0.2) is 8.78 Å². The molecule has 1 fully saturated rings. The number of benzene rings is 2. The molecule has 9 heteroatoms. The van der Waals surface area contributed by atoms with Gasteiger partial charge in [0.15, 0.2) is 0 Å². The first-order chi connectivity index (χ1) is 16.7. The highest BCUT2D eigenvalue weighted by atomic mass is 19.1. The highest BCUT2D eigenvalue weighted by Crippen LogP contribution is 2.35. The van der Waals surface area contributed by atoms with Crippen molar-refractivity contribution in [2.24, 2.45) is 0 Å². The first kappa shape index (κ1) is 24.1. The molecule has 0 aliphatic carbocycles. The van der Waals surface area contributed by atoms with Gasteiger partial charge < -0.3 is 19.5 Å². The average molecular weight is 481 g/mol. The highest BCUT2D eigenvalue weighted by Gasteiger charge is 2.45. The number of hydrogen-bond donors (Lipinski definition) is 1. The number of rotatable bonds is 6. The van der Waals surface area contributed by atoms with Crippen LogP contribution in [0.1, 0.15) is 34.3 Å². The number of nitrogens with one attached hydrogen (secondary N) is 1. The minimum Gasteiger partial charge on any atom is -0.497 e. The van der Waals surface area contributed by atoms with Crippen molar-refractivity contribution >= 4 is 17.5 Å². The lowest BCUT2D eigenvalue weighted by Gasteiger charge is -2.20. The number of ether oxygens (including phenoxy) is 1. The maximum atomic E-state index is 15.1. The largest absolute Gasteiger partial charge is 0.497 e. The van der Waals surface area contributed by atoms with Crippen LogP contribution < -0.4 is 20.5 Å². The number of aromatic nitrogens is 1. The number of carbonyl (C=O) groups is 2. The molecule has 1 aliphatic heterocycles. The zero-order chi connectivity index (χ0) is 25.3. The van der Waals surface area contributed by atoms with Gasteiger partial charge in [-0.05, 0) is 38.1 Å². The molecular weight excluding hydrogens is 456 g/mol. The first-order valence-electron chi connectivity index (χ1n) is 11.2. The van der Waals surface area contributed by atoms with Crippen LogP contribution in [0, 0.1) is 18.6 Å². The fourth-order valence-corrected chi connectivity index (χ4v) is 4.31. The Bertz CT molecular complexity index is 1310. The molecule has 0 saturated carbocycles. The van der Waals surface area contributed by atoms with Gasteiger partial charge in [-0.15, -0.1) is 0 Å². The van der Waals surface area contributed by atoms with Gasteiger partial charge in [0.05, 0.1) is 7.11 Å². The van der Waals surface area contributed by atoms with E-state index in [0.717, 1.165) is 17.7 Å². The summed E-state index contributed by atoms with van der Waals surface area (Å²) in [6, 6.07) is 10.5. The fourth-order valence-electron chi connectivity index (χ4n) is 4.31. The lowest BCUT2D eigenvalue weighted by atomic mass is 9.92. The summed E-state index contributed by atoms with van der Waals surface area (Å²) < 4.78 is 36.5. The van der Waals surface area contributed by atoms with E-state index in [1.54, 1.807) is 43.5 Å². The summed E-state index contributed by atoms with van der Waals surface area (Å²) in [5.74, 6) is -4.11. The molecule has 35 heavy (non-hydrogen) atoms. The van der Waals surface area contributed by atoms with Crippen molar-refractivity contribution in [3.8, 4) is 5.75 Å². The molecule has 1 N–H and O–H groups in total. The van der Waals surface area contributed by atoms with Gasteiger partial charge >= 0.3 is 0 Å². The van der Waals surface area contributed by atoms with E-state index in [2.05, 4.69) is 5.32 Å². The third-order valence-corrected chi connectivity index (χ3v) is 6.20. The second-order valence-electron chi connectivity index (χ2n) is 8.36. The zero-order valence-corrected chi connectivity index (χ0v) is 19.5. The topological polar surface area (TPSA) is 80.6 Å². The number of carbonyl (C=O) groups excluding carboxylic acids is 2. The van der Waals surface area contributed by atoms with Crippen LogP contribution in [0.5, 0.6) is 5.75 Å². The number of hydrogen-bond acceptors (Lipinski definition) is 4. The molecule has 1 aromatic heterocycles. The molecule has 7 nitrogen and oxygen atoms in total. The third-order valence-electron chi connectivity index (χ3n) is 6.20. The average Bonchev–Trinajstić information content (AvgIpc) is 3.14. The highest BCUT2D eigenvalue weighted by molar-refractivity contribution is 6.05. The summed E-state index contributed by atoms with van der Waals surface area (Å²) in [6.07, 6.45) is 1.59. The number of pyridine rings is 1. The van der Waals surface area contributed by atoms with Crippen molar-refractivity contribution in [3.05, 3.63) is 93.4 Å². The summed E-state index contributed by atoms with van der Waals surface area (Å²) in [5, 5.41) is 2.64. The van der Waals surface area contributed by atoms with Gasteiger partial charge in [0.2, 0.25) is 5.91 Å². The molecule has 3 aromatic rings. The molecule has 0 bridgehead atoms. The van der Waals surface area contributed by atoms with Crippen LogP contribution in [-0.4, -0.2) is 36.1 Å². The molecule has 0 spiro atoms. The van der Waals surface area contributed by atoms with Crippen molar-refractivity contribution in [3.63, 3.8) is 0 Å². The molecular formula is C26H25F2N3O4. The van der Waals surface area contributed by atoms with E-state index in [9.17, 15) is 14.4 Å². The number of nitrogens with zero attached hydrogens (tertiary/aromatic N) is 2. The van der Waals surface area contributed by atoms with Gasteiger partial charge in [0.1, 0.15) is 29.1 Å². The van der Waals surface area contributed by atoms with Crippen LogP contribution in [0.2, 0.25) is 0 Å². The van der Waals surface area contributed by atoms with Crippen LogP contribution in [-0.2, 0) is 11.3 Å². The van der Waals surface area contributed by atoms with Crippen LogP contribution in [0.25, 0.3) is 0 Å². The summed E-state index contributed by atoms with van der Waals surface area (Å²) in [5.41, 5.74) is 0.544. The van der Waals surface area contributed by atoms with Crippen LogP contribution in [0.4, 0.5) is 14.5 Å². The Kier molecular flexibility index (Phi) is 6.68. The maximum absolute atomic E-state index is 15.1. The molecule has 2 atom stereocenters. The van der Waals surface area contributed by atoms with Crippen molar-refractivity contribution in [2.45, 2.75) is 32.4 Å². The fraction of sp³-hybridized carbons (Fsp3) is 0.269. The minimum atomic E-state index is -1.30. The second-order valence-corrected chi connectivity index (χ2v) is 8.36. The maximum Gasteiger partial charge on any atom is 0.274 e. The van der Waals surface area contributed by atoms with Gasteiger partial charge in [-0.2, -0.15) is 0 Å². The van der Waals surface area contributed by atoms with Crippen LogP contribution >= 0.6 is 0 Å². The number of amides is 2. The van der Waals surface area contributed by atoms with E-state index in [1.165, 1.54) is 22.6 Å². The Morgan fingerprint density at radius 2 is 1.77 bits per heavy atom. The predicted molar refractivity (Wildman–Crippen MR) is 127 cm³/mol. The van der Waals surface area contributed by atoms with Crippen molar-refractivity contribution in [1.82, 2.24) is 9.88 Å². The molecule has 0 radical (unpaired) electrons. The van der Waals surface area contributed by atoms with E-state index in [1.807, 2.05) is 6.92 Å². The third kappa shape index (κ3) is 4.53. The van der Waals surface area contributed by atoms with Crippen molar-refractivity contribution < 1.29 is 23.1 Å². The molecule has 1 saturated heterocycles. The first-order valence-corrected chi connectivity index (χ1v) is 11.2. The molecule has 182 valence electrons. The van der Waals surface area contributed by atoms with E-state index in [4.69, 9.17) is 4.74 Å². The monoisotopic (exact) mass is 481 g/mol. The summed E-state index contributed by atoms with van der Waals surface area (Å²) >= 11 is 0. The normalized spacial score (nSPS) is 17.5. The molecule has 2 amide bonds. The number of halogens is 2. The number of anilines is 1. The molecule has 4 rings (SSSR count). The summed E-state index contributed by atoms with van der Waals surface area (Å²) in [7, 11) is 1.29. The van der Waals surface area contributed by atoms with Crippen LogP contribution in [0.15, 0.2) is 59.5 Å². The van der Waals surface area contributed by atoms with Crippen molar-refractivity contribution in [1.29, 1.82) is 0 Å². The van der Waals surface area contributed by atoms with Crippen molar-refractivity contribution in [2.75, 3.05) is 18.6 Å². The van der Waals surface area contributed by atoms with Gasteiger partial charge in [0.25, 0.3) is 11.5 Å². The Morgan fingerprint density at radius 3 is 2.37 bits per heavy atom. The SMILES string of the molecule is CCn1cccc(N2C[C@@H](c3c(F)cc(OC)cc3F)C(NC(=O)c3ccc(C)cc3)C2=O)c1=O. The molecule has 2 aromatic carbocycles. The lowest BCUT2D eigenvalue weighted by molar-refractivity contribution is -0.118. The number of methoxy groups -OCH3 is 1. The Hall–Kier alpha value is -4.01.